The summed E-state index contributed by atoms with van der Waals surface area (Å²) in [6.45, 7) is 5.94. The molecular weight excluding hydrogens is 381 g/mol. The van der Waals surface area contributed by atoms with Crippen LogP contribution in [0.1, 0.15) is 77.2 Å². The molecule has 1 aromatic rings. The molecule has 30 heavy (non-hydrogen) atoms. The lowest BCUT2D eigenvalue weighted by atomic mass is 9.67. The second-order valence-electron chi connectivity index (χ2n) is 9.76. The summed E-state index contributed by atoms with van der Waals surface area (Å²) < 4.78 is 20.0. The minimum absolute atomic E-state index is 0.00206. The summed E-state index contributed by atoms with van der Waals surface area (Å²) in [5.74, 6) is -1.97. The Bertz CT molecular complexity index is 924. The van der Waals surface area contributed by atoms with Gasteiger partial charge in [-0.25, -0.2) is 4.39 Å². The van der Waals surface area contributed by atoms with Gasteiger partial charge in [-0.3, -0.25) is 14.6 Å². The molecule has 0 amide bonds. The Kier molecular flexibility index (Phi) is 5.65. The monoisotopic (exact) mass is 411 g/mol. The van der Waals surface area contributed by atoms with Gasteiger partial charge >= 0.3 is 5.97 Å². The lowest BCUT2D eigenvalue weighted by molar-refractivity contribution is -0.153. The molecular formula is C25H30FNO3. The van der Waals surface area contributed by atoms with Gasteiger partial charge in [0.15, 0.2) is 5.78 Å². The molecule has 1 heterocycles. The molecule has 1 unspecified atom stereocenters. The van der Waals surface area contributed by atoms with Crippen LogP contribution in [-0.2, 0) is 14.3 Å². The molecule has 4 nitrogen and oxygen atoms in total. The molecule has 0 N–H and O–H groups in total. The first-order chi connectivity index (χ1) is 14.2. The van der Waals surface area contributed by atoms with Crippen LogP contribution in [0.2, 0.25) is 0 Å². The Morgan fingerprint density at radius 2 is 1.90 bits per heavy atom. The van der Waals surface area contributed by atoms with Crippen LogP contribution in [0.5, 0.6) is 0 Å². The summed E-state index contributed by atoms with van der Waals surface area (Å²) in [7, 11) is 0. The lowest BCUT2D eigenvalue weighted by Crippen LogP contribution is -2.40. The zero-order valence-electron chi connectivity index (χ0n) is 18.0. The summed E-state index contributed by atoms with van der Waals surface area (Å²) in [4.78, 5) is 31.3. The fraction of sp³-hybridized carbons (Fsp3) is 0.560. The SMILES string of the molecule is CC1=NC2=C(C(=O)CC(C)(C)C2)[C@H](c2cccc(F)c2)C1C(=O)OC1CCCCC1. The van der Waals surface area contributed by atoms with Crippen molar-refractivity contribution in [3.63, 3.8) is 0 Å². The van der Waals surface area contributed by atoms with E-state index in [4.69, 9.17) is 9.73 Å². The maximum atomic E-state index is 14.1. The number of hydrogen-bond acceptors (Lipinski definition) is 4. The van der Waals surface area contributed by atoms with Crippen LogP contribution in [0.25, 0.3) is 0 Å². The molecule has 0 bridgehead atoms. The van der Waals surface area contributed by atoms with Crippen LogP contribution in [0.4, 0.5) is 4.39 Å². The standard InChI is InChI=1S/C25H30FNO3/c1-15-21(24(29)30-18-10-5-4-6-11-18)22(16-8-7-9-17(26)12-16)23-19(27-15)13-25(2,3)14-20(23)28/h7-9,12,18,21-22H,4-6,10-11,13-14H2,1-3H3/t21?,22-/m1/s1. The van der Waals surface area contributed by atoms with Crippen LogP contribution >= 0.6 is 0 Å². The van der Waals surface area contributed by atoms with E-state index in [1.165, 1.54) is 18.6 Å². The third kappa shape index (κ3) is 4.12. The highest BCUT2D eigenvalue weighted by molar-refractivity contribution is 6.09. The highest BCUT2D eigenvalue weighted by Gasteiger charge is 2.46. The zero-order valence-corrected chi connectivity index (χ0v) is 18.0. The first-order valence-corrected chi connectivity index (χ1v) is 11.0. The summed E-state index contributed by atoms with van der Waals surface area (Å²) in [6.07, 6.45) is 6.03. The fourth-order valence-corrected chi connectivity index (χ4v) is 5.23. The number of ether oxygens (including phenoxy) is 1. The van der Waals surface area contributed by atoms with Crippen LogP contribution in [0.3, 0.4) is 0 Å². The second kappa shape index (κ2) is 8.09. The molecule has 3 aliphatic rings. The molecule has 1 fully saturated rings. The number of allylic oxidation sites excluding steroid dienone is 2. The van der Waals surface area contributed by atoms with Gasteiger partial charge < -0.3 is 4.74 Å². The van der Waals surface area contributed by atoms with Gasteiger partial charge in [0.1, 0.15) is 17.8 Å². The molecule has 160 valence electrons. The number of benzene rings is 1. The van der Waals surface area contributed by atoms with Gasteiger partial charge in [0, 0.05) is 29.3 Å². The number of hydrogen-bond donors (Lipinski definition) is 0. The summed E-state index contributed by atoms with van der Waals surface area (Å²) in [5.41, 5.74) is 2.41. The van der Waals surface area contributed by atoms with E-state index >= 15 is 0 Å². The topological polar surface area (TPSA) is 55.7 Å². The minimum Gasteiger partial charge on any atom is -0.462 e. The Labute approximate surface area is 177 Å². The molecule has 2 aliphatic carbocycles. The maximum Gasteiger partial charge on any atom is 0.315 e. The molecule has 2 atom stereocenters. The quantitative estimate of drug-likeness (QED) is 0.616. The Morgan fingerprint density at radius 3 is 2.60 bits per heavy atom. The van der Waals surface area contributed by atoms with Gasteiger partial charge in [0.2, 0.25) is 0 Å². The number of carbonyl (C=O) groups is 2. The van der Waals surface area contributed by atoms with Gasteiger partial charge in [-0.2, -0.15) is 0 Å². The van der Waals surface area contributed by atoms with E-state index in [9.17, 15) is 14.0 Å². The summed E-state index contributed by atoms with van der Waals surface area (Å²) in [6, 6.07) is 6.24. The number of Topliss-reactive ketones (excluding diaryl/α,β-unsaturated/α-hetero) is 1. The Morgan fingerprint density at radius 1 is 1.17 bits per heavy atom. The second-order valence-corrected chi connectivity index (χ2v) is 9.76. The predicted octanol–water partition coefficient (Wildman–Crippen LogP) is 5.52. The van der Waals surface area contributed by atoms with E-state index in [0.717, 1.165) is 31.4 Å². The molecule has 0 saturated heterocycles. The van der Waals surface area contributed by atoms with Crippen molar-refractivity contribution in [1.29, 1.82) is 0 Å². The largest absolute Gasteiger partial charge is 0.462 e. The van der Waals surface area contributed by atoms with Crippen molar-refractivity contribution in [2.24, 2.45) is 16.3 Å². The number of esters is 1. The van der Waals surface area contributed by atoms with Gasteiger partial charge in [0.25, 0.3) is 0 Å². The lowest BCUT2D eigenvalue weighted by Gasteiger charge is -2.39. The number of ketones is 1. The fourth-order valence-electron chi connectivity index (χ4n) is 5.23. The van der Waals surface area contributed by atoms with Crippen molar-refractivity contribution in [2.75, 3.05) is 0 Å². The van der Waals surface area contributed by atoms with Crippen LogP contribution in [0, 0.1) is 17.2 Å². The number of aliphatic imine (C=N–C) groups is 1. The highest BCUT2D eigenvalue weighted by Crippen LogP contribution is 2.48. The van der Waals surface area contributed by atoms with E-state index in [1.807, 2.05) is 6.92 Å². The molecule has 1 aliphatic heterocycles. The van der Waals surface area contributed by atoms with Gasteiger partial charge in [-0.1, -0.05) is 32.4 Å². The first kappa shape index (κ1) is 21.0. The van der Waals surface area contributed by atoms with E-state index in [0.29, 0.717) is 29.7 Å². The Balaban J connectivity index is 1.75. The third-order valence-corrected chi connectivity index (χ3v) is 6.60. The van der Waals surface area contributed by atoms with E-state index in [1.54, 1.807) is 12.1 Å². The van der Waals surface area contributed by atoms with Crippen LogP contribution < -0.4 is 0 Å². The molecule has 0 aromatic heterocycles. The Hall–Kier alpha value is -2.30. The zero-order chi connectivity index (χ0) is 21.5. The molecule has 0 radical (unpaired) electrons. The smallest absolute Gasteiger partial charge is 0.315 e. The van der Waals surface area contributed by atoms with Crippen LogP contribution in [-0.4, -0.2) is 23.6 Å². The average molecular weight is 412 g/mol. The average Bonchev–Trinajstić information content (AvgIpc) is 2.66. The third-order valence-electron chi connectivity index (χ3n) is 6.60. The molecule has 1 aromatic carbocycles. The van der Waals surface area contributed by atoms with E-state index in [2.05, 4.69) is 13.8 Å². The van der Waals surface area contributed by atoms with E-state index in [-0.39, 0.29) is 29.1 Å². The van der Waals surface area contributed by atoms with Gasteiger partial charge in [-0.15, -0.1) is 0 Å². The number of rotatable bonds is 3. The van der Waals surface area contributed by atoms with Crippen molar-refractivity contribution in [2.45, 2.75) is 77.7 Å². The highest BCUT2D eigenvalue weighted by atomic mass is 19.1. The van der Waals surface area contributed by atoms with Crippen molar-refractivity contribution in [1.82, 2.24) is 0 Å². The summed E-state index contributed by atoms with van der Waals surface area (Å²) >= 11 is 0. The predicted molar refractivity (Wildman–Crippen MR) is 114 cm³/mol. The number of halogens is 1. The minimum atomic E-state index is -0.697. The molecule has 1 saturated carbocycles. The van der Waals surface area contributed by atoms with Crippen molar-refractivity contribution in [3.8, 4) is 0 Å². The van der Waals surface area contributed by atoms with Crippen molar-refractivity contribution < 1.29 is 18.7 Å². The molecule has 4 rings (SSSR count). The van der Waals surface area contributed by atoms with Crippen molar-refractivity contribution >= 4 is 17.5 Å². The van der Waals surface area contributed by atoms with Crippen molar-refractivity contribution in [3.05, 3.63) is 46.9 Å². The van der Waals surface area contributed by atoms with Gasteiger partial charge in [0.05, 0.1) is 0 Å². The maximum absolute atomic E-state index is 14.1. The molecule has 0 spiro atoms. The van der Waals surface area contributed by atoms with E-state index < -0.39 is 11.8 Å². The number of carbonyl (C=O) groups excluding carboxylic acids is 2. The molecule has 5 heteroatoms. The summed E-state index contributed by atoms with van der Waals surface area (Å²) in [5, 5.41) is 0. The van der Waals surface area contributed by atoms with Crippen LogP contribution in [0.15, 0.2) is 40.5 Å². The normalized spacial score (nSPS) is 26.8. The number of nitrogens with zero attached hydrogens (tertiary/aromatic N) is 1. The first-order valence-electron chi connectivity index (χ1n) is 11.0. The van der Waals surface area contributed by atoms with Gasteiger partial charge in [-0.05, 0) is 62.1 Å².